The summed E-state index contributed by atoms with van der Waals surface area (Å²) in [6.45, 7) is 6.67. The third-order valence-corrected chi connectivity index (χ3v) is 10.3. The SMILES string of the molecule is CCCCCCCCCCCCCCCCCC(=O)[O-].CCCCCCCCCCCCCCCCCCCCCC(=O)NC(CC)N(C)C. The van der Waals surface area contributed by atoms with Crippen molar-refractivity contribution in [3.63, 3.8) is 0 Å². The highest BCUT2D eigenvalue weighted by Gasteiger charge is 2.11. The second-order valence-corrected chi connectivity index (χ2v) is 15.6. The van der Waals surface area contributed by atoms with Crippen molar-refractivity contribution in [1.29, 1.82) is 0 Å². The molecule has 1 unspecified atom stereocenters. The van der Waals surface area contributed by atoms with Crippen molar-refractivity contribution in [3.8, 4) is 0 Å². The van der Waals surface area contributed by atoms with Crippen molar-refractivity contribution in [3.05, 3.63) is 0 Å². The van der Waals surface area contributed by atoms with Gasteiger partial charge < -0.3 is 15.2 Å². The number of unbranched alkanes of at least 4 members (excludes halogenated alkanes) is 32. The molecular weight excluding hydrogens is 617 g/mol. The van der Waals surface area contributed by atoms with Gasteiger partial charge in [-0.1, -0.05) is 226 Å². The van der Waals surface area contributed by atoms with Crippen molar-refractivity contribution >= 4 is 11.9 Å². The Bertz CT molecular complexity index is 669. The van der Waals surface area contributed by atoms with Gasteiger partial charge in [0.25, 0.3) is 0 Å². The van der Waals surface area contributed by atoms with Gasteiger partial charge in [0.05, 0.1) is 6.17 Å². The number of carboxylic acids is 1. The molecule has 0 rings (SSSR count). The van der Waals surface area contributed by atoms with Crippen molar-refractivity contribution in [2.75, 3.05) is 14.1 Å². The van der Waals surface area contributed by atoms with Crippen LogP contribution in [0.15, 0.2) is 0 Å². The van der Waals surface area contributed by atoms with Gasteiger partial charge in [0.2, 0.25) is 5.91 Å². The summed E-state index contributed by atoms with van der Waals surface area (Å²) in [7, 11) is 4.04. The quantitative estimate of drug-likeness (QED) is 0.0510. The van der Waals surface area contributed by atoms with Crippen LogP contribution in [0.2, 0.25) is 0 Å². The lowest BCUT2D eigenvalue weighted by atomic mass is 10.0. The van der Waals surface area contributed by atoms with Gasteiger partial charge in [-0.3, -0.25) is 9.69 Å². The Balaban J connectivity index is 0. The summed E-state index contributed by atoms with van der Waals surface area (Å²) < 4.78 is 0. The van der Waals surface area contributed by atoms with Crippen molar-refractivity contribution in [2.24, 2.45) is 0 Å². The van der Waals surface area contributed by atoms with E-state index in [1.807, 2.05) is 14.1 Å². The molecule has 5 nitrogen and oxygen atoms in total. The summed E-state index contributed by atoms with van der Waals surface area (Å²) in [5, 5.41) is 13.3. The molecule has 0 spiro atoms. The van der Waals surface area contributed by atoms with Crippen LogP contribution < -0.4 is 10.4 Å². The molecule has 0 aliphatic heterocycles. The molecule has 0 aromatic carbocycles. The van der Waals surface area contributed by atoms with Crippen LogP contribution in [-0.2, 0) is 9.59 Å². The van der Waals surface area contributed by atoms with Crippen LogP contribution in [0.1, 0.15) is 258 Å². The van der Waals surface area contributed by atoms with E-state index in [0.29, 0.717) is 6.42 Å². The topological polar surface area (TPSA) is 72.5 Å². The van der Waals surface area contributed by atoms with Gasteiger partial charge >= 0.3 is 0 Å². The molecule has 5 heteroatoms. The molecule has 0 radical (unpaired) electrons. The van der Waals surface area contributed by atoms with Crippen molar-refractivity contribution in [1.82, 2.24) is 10.2 Å². The van der Waals surface area contributed by atoms with E-state index in [1.165, 1.54) is 199 Å². The molecule has 0 aliphatic rings. The first-order valence-corrected chi connectivity index (χ1v) is 22.5. The Morgan fingerprint density at radius 2 is 0.660 bits per heavy atom. The van der Waals surface area contributed by atoms with Gasteiger partial charge in [0.1, 0.15) is 0 Å². The number of nitrogens with zero attached hydrogens (tertiary/aromatic N) is 1. The van der Waals surface area contributed by atoms with Crippen LogP contribution in [-0.4, -0.2) is 37.0 Å². The maximum Gasteiger partial charge on any atom is 0.221 e. The van der Waals surface area contributed by atoms with Crippen LogP contribution in [0.25, 0.3) is 0 Å². The molecule has 1 amide bonds. The highest BCUT2D eigenvalue weighted by molar-refractivity contribution is 5.76. The summed E-state index contributed by atoms with van der Waals surface area (Å²) in [5.41, 5.74) is 0. The molecule has 0 aliphatic carbocycles. The third kappa shape index (κ3) is 44.9. The fourth-order valence-electron chi connectivity index (χ4n) is 6.86. The average molecular weight is 708 g/mol. The van der Waals surface area contributed by atoms with E-state index in [9.17, 15) is 14.7 Å². The Morgan fingerprint density at radius 1 is 0.420 bits per heavy atom. The molecule has 0 saturated carbocycles. The minimum atomic E-state index is -0.903. The molecule has 0 aromatic rings. The molecule has 0 heterocycles. The average Bonchev–Trinajstić information content (AvgIpc) is 3.10. The largest absolute Gasteiger partial charge is 0.550 e. The number of hydrogen-bond acceptors (Lipinski definition) is 4. The number of carboxylic acid groups (broad SMARTS) is 1. The van der Waals surface area contributed by atoms with Gasteiger partial charge in [-0.15, -0.1) is 0 Å². The van der Waals surface area contributed by atoms with Gasteiger partial charge in [-0.25, -0.2) is 0 Å². The Kier molecular flexibility index (Phi) is 44.9. The molecule has 0 aromatic heterocycles. The maximum atomic E-state index is 12.0. The van der Waals surface area contributed by atoms with Crippen molar-refractivity contribution in [2.45, 2.75) is 265 Å². The van der Waals surface area contributed by atoms with E-state index in [2.05, 4.69) is 31.0 Å². The van der Waals surface area contributed by atoms with E-state index in [1.54, 1.807) is 0 Å². The van der Waals surface area contributed by atoms with E-state index >= 15 is 0 Å². The molecule has 300 valence electrons. The van der Waals surface area contributed by atoms with Gasteiger partial charge in [-0.05, 0) is 39.8 Å². The maximum absolute atomic E-state index is 12.0. The summed E-state index contributed by atoms with van der Waals surface area (Å²) in [5.74, 6) is -0.692. The number of carbonyl (C=O) groups excluding carboxylic acids is 2. The number of carbonyl (C=O) groups is 2. The fourth-order valence-corrected chi connectivity index (χ4v) is 6.86. The van der Waals surface area contributed by atoms with Gasteiger partial charge in [0, 0.05) is 12.4 Å². The Morgan fingerprint density at radius 3 is 0.880 bits per heavy atom. The van der Waals surface area contributed by atoms with E-state index in [0.717, 1.165) is 25.7 Å². The first-order chi connectivity index (χ1) is 24.4. The highest BCUT2D eigenvalue weighted by atomic mass is 16.4. The van der Waals surface area contributed by atoms with E-state index in [4.69, 9.17) is 0 Å². The van der Waals surface area contributed by atoms with Gasteiger partial charge in [0.15, 0.2) is 0 Å². The summed E-state index contributed by atoms with van der Waals surface area (Å²) in [6, 6.07) is 0. The lowest BCUT2D eigenvalue weighted by Gasteiger charge is -2.23. The van der Waals surface area contributed by atoms with E-state index < -0.39 is 5.97 Å². The summed E-state index contributed by atoms with van der Waals surface area (Å²) in [6.07, 6.45) is 48.1. The third-order valence-electron chi connectivity index (χ3n) is 10.3. The predicted molar refractivity (Wildman–Crippen MR) is 218 cm³/mol. The fraction of sp³-hybridized carbons (Fsp3) is 0.956. The molecule has 0 saturated heterocycles. The zero-order chi connectivity index (χ0) is 37.2. The Hall–Kier alpha value is -1.10. The minimum Gasteiger partial charge on any atom is -0.550 e. The van der Waals surface area contributed by atoms with Crippen molar-refractivity contribution < 1.29 is 14.7 Å². The number of rotatable bonds is 39. The van der Waals surface area contributed by atoms with Gasteiger partial charge in [-0.2, -0.15) is 0 Å². The zero-order valence-electron chi connectivity index (χ0n) is 34.9. The number of nitrogens with one attached hydrogen (secondary N) is 1. The van der Waals surface area contributed by atoms with Crippen LogP contribution in [0.5, 0.6) is 0 Å². The summed E-state index contributed by atoms with van der Waals surface area (Å²) in [4.78, 5) is 24.3. The Labute approximate surface area is 314 Å². The lowest BCUT2D eigenvalue weighted by molar-refractivity contribution is -0.305. The lowest BCUT2D eigenvalue weighted by Crippen LogP contribution is -2.44. The number of hydrogen-bond donors (Lipinski definition) is 1. The first kappa shape index (κ1) is 51.0. The summed E-state index contributed by atoms with van der Waals surface area (Å²) >= 11 is 0. The van der Waals surface area contributed by atoms with Crippen LogP contribution in [0, 0.1) is 0 Å². The predicted octanol–water partition coefficient (Wildman–Crippen LogP) is 13.2. The molecule has 50 heavy (non-hydrogen) atoms. The number of amides is 1. The molecule has 0 fully saturated rings. The van der Waals surface area contributed by atoms with Crippen LogP contribution in [0.4, 0.5) is 0 Å². The smallest absolute Gasteiger partial charge is 0.221 e. The first-order valence-electron chi connectivity index (χ1n) is 22.5. The standard InChI is InChI=1S/C27H56N2O.C18H36O2/c1-5-7-8-9-10-11-12-13-14-15-16-17-18-19-20-21-22-23-24-25-27(30)28-26(6-2)29(3)4;1-2-3-4-5-6-7-8-9-10-11-12-13-14-15-16-17-18(19)20/h26H,5-25H2,1-4H3,(H,28,30);2-17H2,1H3,(H,19,20)/p-1. The van der Waals surface area contributed by atoms with Crippen LogP contribution >= 0.6 is 0 Å². The molecular formula is C45H91N2O3-. The molecule has 1 atom stereocenters. The monoisotopic (exact) mass is 708 g/mol. The second kappa shape index (κ2) is 44.1. The minimum absolute atomic E-state index is 0.179. The zero-order valence-corrected chi connectivity index (χ0v) is 34.9. The van der Waals surface area contributed by atoms with Crippen LogP contribution in [0.3, 0.4) is 0 Å². The number of aliphatic carboxylic acids is 1. The second-order valence-electron chi connectivity index (χ2n) is 15.6. The normalized spacial score (nSPS) is 11.8. The molecule has 1 N–H and O–H groups in total. The molecule has 0 bridgehead atoms. The highest BCUT2D eigenvalue weighted by Crippen LogP contribution is 2.16. The van der Waals surface area contributed by atoms with E-state index in [-0.39, 0.29) is 18.5 Å².